The topological polar surface area (TPSA) is 68.3 Å². The van der Waals surface area contributed by atoms with Crippen LogP contribution in [0.2, 0.25) is 0 Å². The molecule has 21 heavy (non-hydrogen) atoms. The molecule has 0 spiro atoms. The second-order valence-electron chi connectivity index (χ2n) is 5.30. The summed E-state index contributed by atoms with van der Waals surface area (Å²) in [5, 5.41) is 3.69. The minimum Gasteiger partial charge on any atom is -0.462 e. The van der Waals surface area contributed by atoms with Gasteiger partial charge in [0.05, 0.1) is 18.8 Å². The molecule has 5 nitrogen and oxygen atoms in total. The first kappa shape index (κ1) is 15.9. The number of carbonyl (C=O) groups is 2. The number of ether oxygens (including phenoxy) is 1. The van der Waals surface area contributed by atoms with E-state index in [0.717, 1.165) is 30.7 Å². The van der Waals surface area contributed by atoms with Crippen molar-refractivity contribution < 1.29 is 14.3 Å². The van der Waals surface area contributed by atoms with Crippen molar-refractivity contribution in [1.29, 1.82) is 0 Å². The number of aryl methyl sites for hydroxylation is 1. The van der Waals surface area contributed by atoms with Crippen LogP contribution in [0.1, 0.15) is 59.4 Å². The van der Waals surface area contributed by atoms with Gasteiger partial charge in [0.1, 0.15) is 9.88 Å². The van der Waals surface area contributed by atoms with Gasteiger partial charge in [-0.15, -0.1) is 11.3 Å². The molecule has 1 amide bonds. The number of nitrogens with one attached hydrogen (secondary N) is 1. The highest BCUT2D eigenvalue weighted by atomic mass is 32.1. The van der Waals surface area contributed by atoms with Crippen LogP contribution in [0.4, 0.5) is 0 Å². The van der Waals surface area contributed by atoms with Gasteiger partial charge in [-0.05, 0) is 26.7 Å². The van der Waals surface area contributed by atoms with Crippen LogP contribution in [-0.4, -0.2) is 23.5 Å². The third kappa shape index (κ3) is 4.27. The van der Waals surface area contributed by atoms with Gasteiger partial charge in [-0.25, -0.2) is 9.78 Å². The largest absolute Gasteiger partial charge is 0.462 e. The van der Waals surface area contributed by atoms with Gasteiger partial charge in [-0.3, -0.25) is 4.79 Å². The van der Waals surface area contributed by atoms with Gasteiger partial charge < -0.3 is 10.1 Å². The van der Waals surface area contributed by atoms with E-state index in [1.165, 1.54) is 17.8 Å². The predicted octanol–water partition coefficient (Wildman–Crippen LogP) is 2.82. The molecule has 1 saturated carbocycles. The molecule has 2 rings (SSSR count). The summed E-state index contributed by atoms with van der Waals surface area (Å²) in [7, 11) is 0. The number of carbonyl (C=O) groups excluding carboxylic acids is 2. The molecule has 1 aliphatic carbocycles. The summed E-state index contributed by atoms with van der Waals surface area (Å²) in [6, 6.07) is 0. The Bertz CT molecular complexity index is 507. The average Bonchev–Trinajstić information content (AvgIpc) is 2.87. The number of rotatable bonds is 5. The molecule has 1 heterocycles. The SMILES string of the molecule is CCOC(=O)c1sc(CNC(=O)C2CCCCC2)nc1C. The van der Waals surface area contributed by atoms with E-state index in [2.05, 4.69) is 10.3 Å². The molecule has 1 aromatic heterocycles. The van der Waals surface area contributed by atoms with Crippen molar-refractivity contribution >= 4 is 23.2 Å². The maximum Gasteiger partial charge on any atom is 0.350 e. The van der Waals surface area contributed by atoms with E-state index in [-0.39, 0.29) is 17.8 Å². The first-order valence-electron chi connectivity index (χ1n) is 7.53. The van der Waals surface area contributed by atoms with E-state index in [1.807, 2.05) is 0 Å². The van der Waals surface area contributed by atoms with Crippen molar-refractivity contribution in [3.8, 4) is 0 Å². The average molecular weight is 310 g/mol. The van der Waals surface area contributed by atoms with E-state index >= 15 is 0 Å². The molecule has 0 aliphatic heterocycles. The normalized spacial score (nSPS) is 15.7. The standard InChI is InChI=1S/C15H22N2O3S/c1-3-20-15(19)13-10(2)17-12(21-13)9-16-14(18)11-7-5-4-6-8-11/h11H,3-9H2,1-2H3,(H,16,18). The van der Waals surface area contributed by atoms with E-state index < -0.39 is 0 Å². The summed E-state index contributed by atoms with van der Waals surface area (Å²) >= 11 is 1.30. The lowest BCUT2D eigenvalue weighted by Crippen LogP contribution is -2.31. The van der Waals surface area contributed by atoms with Crippen LogP contribution >= 0.6 is 11.3 Å². The van der Waals surface area contributed by atoms with Crippen LogP contribution in [0, 0.1) is 12.8 Å². The Morgan fingerprint density at radius 1 is 1.33 bits per heavy atom. The van der Waals surface area contributed by atoms with Gasteiger partial charge in [-0.2, -0.15) is 0 Å². The number of hydrogen-bond donors (Lipinski definition) is 1. The minimum absolute atomic E-state index is 0.111. The van der Waals surface area contributed by atoms with Gasteiger partial charge in [0, 0.05) is 5.92 Å². The monoisotopic (exact) mass is 310 g/mol. The Labute approximate surface area is 129 Å². The van der Waals surface area contributed by atoms with Crippen molar-refractivity contribution in [3.05, 3.63) is 15.6 Å². The van der Waals surface area contributed by atoms with Gasteiger partial charge in [-0.1, -0.05) is 19.3 Å². The van der Waals surface area contributed by atoms with Crippen LogP contribution in [0.3, 0.4) is 0 Å². The third-order valence-electron chi connectivity index (χ3n) is 3.69. The molecule has 0 bridgehead atoms. The Kier molecular flexibility index (Phi) is 5.73. The van der Waals surface area contributed by atoms with Crippen molar-refractivity contribution in [2.75, 3.05) is 6.61 Å². The highest BCUT2D eigenvalue weighted by molar-refractivity contribution is 7.13. The van der Waals surface area contributed by atoms with Crippen molar-refractivity contribution in [2.24, 2.45) is 5.92 Å². The second kappa shape index (κ2) is 7.54. The summed E-state index contributed by atoms with van der Waals surface area (Å²) in [6.07, 6.45) is 5.48. The van der Waals surface area contributed by atoms with Gasteiger partial charge in [0.2, 0.25) is 5.91 Å². The second-order valence-corrected chi connectivity index (χ2v) is 6.38. The Hall–Kier alpha value is -1.43. The van der Waals surface area contributed by atoms with Gasteiger partial charge in [0.15, 0.2) is 0 Å². The zero-order valence-corrected chi connectivity index (χ0v) is 13.4. The maximum atomic E-state index is 12.1. The van der Waals surface area contributed by atoms with Crippen LogP contribution in [0.5, 0.6) is 0 Å². The molecular weight excluding hydrogens is 288 g/mol. The summed E-state index contributed by atoms with van der Waals surface area (Å²) < 4.78 is 4.99. The lowest BCUT2D eigenvalue weighted by Gasteiger charge is -2.20. The van der Waals surface area contributed by atoms with Crippen molar-refractivity contribution in [3.63, 3.8) is 0 Å². The van der Waals surface area contributed by atoms with Gasteiger partial charge in [0.25, 0.3) is 0 Å². The molecule has 0 radical (unpaired) electrons. The Morgan fingerprint density at radius 2 is 2.05 bits per heavy atom. The van der Waals surface area contributed by atoms with E-state index in [9.17, 15) is 9.59 Å². The smallest absolute Gasteiger partial charge is 0.350 e. The number of esters is 1. The first-order chi connectivity index (χ1) is 10.1. The fraction of sp³-hybridized carbons (Fsp3) is 0.667. The third-order valence-corrected chi connectivity index (χ3v) is 4.83. The number of amides is 1. The van der Waals surface area contributed by atoms with E-state index in [0.29, 0.717) is 23.7 Å². The zero-order chi connectivity index (χ0) is 15.2. The Morgan fingerprint density at radius 3 is 2.71 bits per heavy atom. The molecule has 0 saturated heterocycles. The summed E-state index contributed by atoms with van der Waals surface area (Å²) in [5.41, 5.74) is 0.667. The maximum absolute atomic E-state index is 12.1. The van der Waals surface area contributed by atoms with E-state index in [4.69, 9.17) is 4.74 Å². The molecule has 0 aromatic carbocycles. The lowest BCUT2D eigenvalue weighted by atomic mass is 9.89. The molecule has 1 aromatic rings. The fourth-order valence-electron chi connectivity index (χ4n) is 2.59. The van der Waals surface area contributed by atoms with E-state index in [1.54, 1.807) is 13.8 Å². The predicted molar refractivity (Wildman–Crippen MR) is 81.2 cm³/mol. The van der Waals surface area contributed by atoms with Crippen molar-refractivity contribution in [2.45, 2.75) is 52.5 Å². The molecule has 1 N–H and O–H groups in total. The molecule has 6 heteroatoms. The van der Waals surface area contributed by atoms with Crippen LogP contribution < -0.4 is 5.32 Å². The summed E-state index contributed by atoms with van der Waals surface area (Å²) in [5.74, 6) is -0.0815. The summed E-state index contributed by atoms with van der Waals surface area (Å²) in [6.45, 7) is 4.30. The molecule has 1 aliphatic rings. The van der Waals surface area contributed by atoms with Crippen LogP contribution in [0.15, 0.2) is 0 Å². The quantitative estimate of drug-likeness (QED) is 0.849. The molecule has 0 atom stereocenters. The molecular formula is C15H22N2O3S. The fourth-order valence-corrected chi connectivity index (χ4v) is 3.48. The molecule has 0 unspecified atom stereocenters. The van der Waals surface area contributed by atoms with Gasteiger partial charge >= 0.3 is 5.97 Å². The zero-order valence-electron chi connectivity index (χ0n) is 12.6. The first-order valence-corrected chi connectivity index (χ1v) is 8.34. The molecule has 116 valence electrons. The Balaban J connectivity index is 1.89. The summed E-state index contributed by atoms with van der Waals surface area (Å²) in [4.78, 5) is 28.7. The molecule has 1 fully saturated rings. The number of hydrogen-bond acceptors (Lipinski definition) is 5. The number of nitrogens with zero attached hydrogens (tertiary/aromatic N) is 1. The highest BCUT2D eigenvalue weighted by Gasteiger charge is 2.21. The van der Waals surface area contributed by atoms with Crippen LogP contribution in [-0.2, 0) is 16.1 Å². The van der Waals surface area contributed by atoms with Crippen molar-refractivity contribution in [1.82, 2.24) is 10.3 Å². The lowest BCUT2D eigenvalue weighted by molar-refractivity contribution is -0.126. The highest BCUT2D eigenvalue weighted by Crippen LogP contribution is 2.24. The van der Waals surface area contributed by atoms with Crippen LogP contribution in [0.25, 0.3) is 0 Å². The number of aromatic nitrogens is 1. The minimum atomic E-state index is -0.336. The number of thiazole rings is 1.